The molecule has 5 aliphatic rings. The normalized spacial score (nSPS) is 39.3. The topological polar surface area (TPSA) is 86.5 Å². The summed E-state index contributed by atoms with van der Waals surface area (Å²) in [6.07, 6.45) is -0.390. The summed E-state index contributed by atoms with van der Waals surface area (Å²) < 4.78 is 52.0. The average molecular weight is 429 g/mol. The summed E-state index contributed by atoms with van der Waals surface area (Å²) in [6.45, 7) is 2.96. The molecule has 1 aromatic rings. The highest BCUT2D eigenvalue weighted by Crippen LogP contribution is 2.67. The zero-order chi connectivity index (χ0) is 21.1. The number of hydrogen-bond donors (Lipinski definition) is 1. The molecular formula is C20H26F3N3O4. The fraction of sp³-hybridized carbons (Fsp3) is 0.850. The van der Waals surface area contributed by atoms with Crippen molar-refractivity contribution in [1.29, 1.82) is 0 Å². The van der Waals surface area contributed by atoms with Crippen LogP contribution in [0.5, 0.6) is 0 Å². The summed E-state index contributed by atoms with van der Waals surface area (Å²) in [5.74, 6) is 2.00. The number of nitrogens with one attached hydrogen (secondary N) is 1. The lowest BCUT2D eigenvalue weighted by molar-refractivity contribution is -0.352. The molecule has 30 heavy (non-hydrogen) atoms. The predicted molar refractivity (Wildman–Crippen MR) is 96.3 cm³/mol. The molecule has 10 heteroatoms. The summed E-state index contributed by atoms with van der Waals surface area (Å²) in [4.78, 5) is 12.2. The van der Waals surface area contributed by atoms with Crippen molar-refractivity contribution in [3.05, 3.63) is 11.8 Å². The molecule has 1 N–H and O–H groups in total. The minimum atomic E-state index is -4.61. The molecule has 0 atom stereocenters. The van der Waals surface area contributed by atoms with Crippen LogP contribution in [0.2, 0.25) is 0 Å². The largest absolute Gasteiger partial charge is 0.522 e. The molecule has 0 unspecified atom stereocenters. The molecule has 5 saturated carbocycles. The SMILES string of the molecule is CC1CC(COCC(=O)NC23CC(c4nnc(C5CC(OC(F)(F)F)C5)o4)(C2)C3)C1. The van der Waals surface area contributed by atoms with Crippen molar-refractivity contribution in [2.24, 2.45) is 11.8 Å². The quantitative estimate of drug-likeness (QED) is 0.683. The van der Waals surface area contributed by atoms with E-state index >= 15 is 0 Å². The zero-order valence-electron chi connectivity index (χ0n) is 16.8. The van der Waals surface area contributed by atoms with Crippen LogP contribution in [0.4, 0.5) is 13.2 Å². The molecule has 5 fully saturated rings. The molecule has 7 nitrogen and oxygen atoms in total. The summed E-state index contributed by atoms with van der Waals surface area (Å²) in [5, 5.41) is 11.2. The molecule has 0 saturated heterocycles. The summed E-state index contributed by atoms with van der Waals surface area (Å²) >= 11 is 0. The van der Waals surface area contributed by atoms with Crippen LogP contribution in [0.15, 0.2) is 4.42 Å². The first-order valence-corrected chi connectivity index (χ1v) is 10.6. The van der Waals surface area contributed by atoms with Crippen molar-refractivity contribution in [2.45, 2.75) is 81.2 Å². The second-order valence-electron chi connectivity index (χ2n) is 9.90. The van der Waals surface area contributed by atoms with Gasteiger partial charge in [0.05, 0.1) is 18.1 Å². The molecule has 1 heterocycles. The minimum Gasteiger partial charge on any atom is -0.424 e. The number of halogens is 3. The van der Waals surface area contributed by atoms with Gasteiger partial charge >= 0.3 is 6.36 Å². The average Bonchev–Trinajstić information content (AvgIpc) is 2.99. The second-order valence-corrected chi connectivity index (χ2v) is 9.90. The predicted octanol–water partition coefficient (Wildman–Crippen LogP) is 3.21. The van der Waals surface area contributed by atoms with Gasteiger partial charge in [0.2, 0.25) is 17.7 Å². The Morgan fingerprint density at radius 2 is 1.90 bits per heavy atom. The zero-order valence-corrected chi connectivity index (χ0v) is 16.8. The molecule has 0 aromatic carbocycles. The van der Waals surface area contributed by atoms with E-state index in [1.807, 2.05) is 0 Å². The standard InChI is InChI=1S/C20H26F3N3O4/c1-11-2-12(3-11)6-28-7-15(27)24-19-8-18(9-19,10-19)17-26-25-16(29-17)13-4-14(5-13)30-20(21,22)23/h11-14H,2-10H2,1H3,(H,24,27). The van der Waals surface area contributed by atoms with Gasteiger partial charge in [0.25, 0.3) is 0 Å². The molecule has 166 valence electrons. The van der Waals surface area contributed by atoms with Crippen LogP contribution in [0, 0.1) is 11.8 Å². The number of amides is 1. The lowest BCUT2D eigenvalue weighted by Gasteiger charge is -2.68. The number of nitrogens with zero attached hydrogens (tertiary/aromatic N) is 2. The van der Waals surface area contributed by atoms with Gasteiger partial charge in [-0.2, -0.15) is 0 Å². The highest BCUT2D eigenvalue weighted by Gasteiger charge is 2.71. The molecular weight excluding hydrogens is 403 g/mol. The van der Waals surface area contributed by atoms with Gasteiger partial charge in [-0.05, 0) is 56.8 Å². The monoisotopic (exact) mass is 429 g/mol. The van der Waals surface area contributed by atoms with E-state index in [4.69, 9.17) is 9.15 Å². The van der Waals surface area contributed by atoms with Crippen molar-refractivity contribution in [2.75, 3.05) is 13.2 Å². The Morgan fingerprint density at radius 3 is 2.53 bits per heavy atom. The van der Waals surface area contributed by atoms with Gasteiger partial charge in [0.1, 0.15) is 6.61 Å². The molecule has 2 bridgehead atoms. The van der Waals surface area contributed by atoms with E-state index in [2.05, 4.69) is 27.2 Å². The Morgan fingerprint density at radius 1 is 1.20 bits per heavy atom. The highest BCUT2D eigenvalue weighted by atomic mass is 19.4. The smallest absolute Gasteiger partial charge is 0.424 e. The Bertz CT molecular complexity index is 795. The van der Waals surface area contributed by atoms with Crippen molar-refractivity contribution < 1.29 is 31.9 Å². The van der Waals surface area contributed by atoms with E-state index in [1.165, 1.54) is 12.8 Å². The molecule has 1 amide bonds. The third-order valence-corrected chi connectivity index (χ3v) is 7.13. The van der Waals surface area contributed by atoms with Gasteiger partial charge < -0.3 is 14.5 Å². The first-order valence-electron chi connectivity index (χ1n) is 10.6. The number of ether oxygens (including phenoxy) is 2. The fourth-order valence-electron chi connectivity index (χ4n) is 5.67. The van der Waals surface area contributed by atoms with E-state index in [1.54, 1.807) is 0 Å². The van der Waals surface area contributed by atoms with E-state index in [9.17, 15) is 18.0 Å². The maximum atomic E-state index is 12.2. The minimum absolute atomic E-state index is 0.0905. The Balaban J connectivity index is 1.04. The Hall–Kier alpha value is -1.68. The maximum Gasteiger partial charge on any atom is 0.522 e. The van der Waals surface area contributed by atoms with Crippen molar-refractivity contribution in [1.82, 2.24) is 15.5 Å². The second kappa shape index (κ2) is 6.91. The molecule has 0 aliphatic heterocycles. The first-order chi connectivity index (χ1) is 14.1. The van der Waals surface area contributed by atoms with Crippen LogP contribution < -0.4 is 5.32 Å². The molecule has 0 spiro atoms. The first kappa shape index (κ1) is 20.2. The molecule has 6 rings (SSSR count). The lowest BCUT2D eigenvalue weighted by Crippen LogP contribution is -2.77. The third kappa shape index (κ3) is 3.72. The Labute approximate surface area is 172 Å². The number of alkyl halides is 3. The number of carbonyl (C=O) groups excluding carboxylic acids is 1. The van der Waals surface area contributed by atoms with Crippen molar-refractivity contribution in [3.63, 3.8) is 0 Å². The summed E-state index contributed by atoms with van der Waals surface area (Å²) in [5.41, 5.74) is -0.407. The number of hydrogen-bond acceptors (Lipinski definition) is 6. The van der Waals surface area contributed by atoms with Crippen LogP contribution >= 0.6 is 0 Å². The van der Waals surface area contributed by atoms with Crippen LogP contribution in [-0.2, 0) is 19.7 Å². The third-order valence-electron chi connectivity index (χ3n) is 7.13. The summed E-state index contributed by atoms with van der Waals surface area (Å²) in [6, 6.07) is 0. The van der Waals surface area contributed by atoms with Crippen LogP contribution in [0.3, 0.4) is 0 Å². The highest BCUT2D eigenvalue weighted by molar-refractivity contribution is 5.79. The van der Waals surface area contributed by atoms with E-state index in [0.717, 1.165) is 25.2 Å². The van der Waals surface area contributed by atoms with Crippen molar-refractivity contribution >= 4 is 5.91 Å². The number of aromatic nitrogens is 2. The Kier molecular flexibility index (Phi) is 4.66. The van der Waals surface area contributed by atoms with Gasteiger partial charge in [-0.3, -0.25) is 9.53 Å². The van der Waals surface area contributed by atoms with Crippen LogP contribution in [0.1, 0.15) is 69.6 Å². The maximum absolute atomic E-state index is 12.2. The number of carbonyl (C=O) groups is 1. The van der Waals surface area contributed by atoms with E-state index in [0.29, 0.717) is 24.3 Å². The van der Waals surface area contributed by atoms with E-state index in [-0.39, 0.29) is 42.2 Å². The van der Waals surface area contributed by atoms with Crippen LogP contribution in [0.25, 0.3) is 0 Å². The molecule has 0 radical (unpaired) electrons. The van der Waals surface area contributed by atoms with Gasteiger partial charge in [0.15, 0.2) is 0 Å². The number of rotatable bonds is 8. The molecule has 5 aliphatic carbocycles. The van der Waals surface area contributed by atoms with E-state index < -0.39 is 12.5 Å². The lowest BCUT2D eigenvalue weighted by atomic mass is 9.39. The van der Waals surface area contributed by atoms with Gasteiger partial charge in [-0.1, -0.05) is 6.92 Å². The van der Waals surface area contributed by atoms with Gasteiger partial charge in [-0.15, -0.1) is 23.4 Å². The van der Waals surface area contributed by atoms with Crippen LogP contribution in [-0.4, -0.2) is 47.3 Å². The van der Waals surface area contributed by atoms with Gasteiger partial charge in [-0.25, -0.2) is 0 Å². The fourth-order valence-corrected chi connectivity index (χ4v) is 5.67. The van der Waals surface area contributed by atoms with Crippen molar-refractivity contribution in [3.8, 4) is 0 Å². The van der Waals surface area contributed by atoms with Gasteiger partial charge in [0, 0.05) is 11.5 Å². The molecule has 1 aromatic heterocycles. The summed E-state index contributed by atoms with van der Waals surface area (Å²) in [7, 11) is 0.